The van der Waals surface area contributed by atoms with Crippen molar-refractivity contribution in [3.05, 3.63) is 103 Å². The summed E-state index contributed by atoms with van der Waals surface area (Å²) in [5, 5.41) is 7.05. The summed E-state index contributed by atoms with van der Waals surface area (Å²) in [5.74, 6) is 0. The van der Waals surface area contributed by atoms with E-state index >= 15 is 0 Å². The first-order valence-corrected chi connectivity index (χ1v) is 11.9. The van der Waals surface area contributed by atoms with Crippen molar-refractivity contribution in [1.29, 1.82) is 0 Å². The lowest BCUT2D eigenvalue weighted by molar-refractivity contribution is 0.669. The molecule has 0 aliphatic carbocycles. The van der Waals surface area contributed by atoms with Crippen molar-refractivity contribution < 1.29 is 0 Å². The van der Waals surface area contributed by atoms with Crippen molar-refractivity contribution in [3.63, 3.8) is 0 Å². The van der Waals surface area contributed by atoms with Crippen molar-refractivity contribution in [2.75, 3.05) is 5.32 Å². The number of benzene rings is 3. The van der Waals surface area contributed by atoms with E-state index in [0.29, 0.717) is 5.13 Å². The molecule has 4 aromatic rings. The van der Waals surface area contributed by atoms with Crippen molar-refractivity contribution in [3.8, 4) is 21.7 Å². The monoisotopic (exact) mass is 499 g/mol. The zero-order chi connectivity index (χ0) is 22.4. The van der Waals surface area contributed by atoms with Gasteiger partial charge in [-0.1, -0.05) is 137 Å². The fourth-order valence-electron chi connectivity index (χ4n) is 3.10. The van der Waals surface area contributed by atoms with Crippen LogP contribution < -0.4 is 10.6 Å². The average molecular weight is 501 g/mol. The Morgan fingerprint density at radius 3 is 1.94 bits per heavy atom. The fraction of sp³-hybridized carbons (Fsp3) is 0.0800. The number of hydrogen-bond donors (Lipinski definition) is 2. The van der Waals surface area contributed by atoms with Crippen molar-refractivity contribution >= 4 is 57.3 Å². The molecule has 3 aromatic carbocycles. The van der Waals surface area contributed by atoms with Gasteiger partial charge in [0.25, 0.3) is 0 Å². The lowest BCUT2D eigenvalue weighted by Gasteiger charge is -2.25. The van der Waals surface area contributed by atoms with Crippen LogP contribution in [0.1, 0.15) is 5.56 Å². The van der Waals surface area contributed by atoms with Gasteiger partial charge in [0.15, 0.2) is 5.13 Å². The summed E-state index contributed by atoms with van der Waals surface area (Å²) in [6, 6.07) is 30.1. The van der Waals surface area contributed by atoms with Crippen LogP contribution in [0.25, 0.3) is 27.8 Å². The van der Waals surface area contributed by atoms with Gasteiger partial charge in [0.05, 0.1) is 10.6 Å². The summed E-state index contributed by atoms with van der Waals surface area (Å²) in [6.45, 7) is 0. The highest BCUT2D eigenvalue weighted by Crippen LogP contribution is 2.40. The van der Waals surface area contributed by atoms with Crippen LogP contribution in [0.4, 0.5) is 5.13 Å². The maximum absolute atomic E-state index is 6.26. The highest BCUT2D eigenvalue weighted by Gasteiger charge is 2.33. The van der Waals surface area contributed by atoms with Gasteiger partial charge in [0, 0.05) is 5.56 Å². The van der Waals surface area contributed by atoms with Gasteiger partial charge in [0.2, 0.25) is 3.79 Å². The SMILES string of the molecule is ClC(Cl)(Cl)C(N/C=C/c1ccccc1)Nc1nc(-c2ccccc2)c(-c2ccccc2)s1. The summed E-state index contributed by atoms with van der Waals surface area (Å²) in [5.41, 5.74) is 4.03. The largest absolute Gasteiger partial charge is 0.368 e. The molecule has 7 heteroatoms. The van der Waals surface area contributed by atoms with E-state index in [1.54, 1.807) is 6.20 Å². The van der Waals surface area contributed by atoms with Gasteiger partial charge >= 0.3 is 0 Å². The van der Waals surface area contributed by atoms with Crippen LogP contribution in [-0.4, -0.2) is 14.9 Å². The molecule has 32 heavy (non-hydrogen) atoms. The normalized spacial score (nSPS) is 12.6. The molecule has 2 N–H and O–H groups in total. The molecule has 0 fully saturated rings. The summed E-state index contributed by atoms with van der Waals surface area (Å²) in [4.78, 5) is 5.89. The standard InChI is InChI=1S/C25H20Cl3N3S/c26-25(27,28)23(29-17-16-18-10-4-1-5-11-18)31-24-30-21(19-12-6-2-7-13-19)22(32-24)20-14-8-3-9-15-20/h1-17,23,29H,(H,30,31)/b17-16+. The van der Waals surface area contributed by atoms with Gasteiger partial charge < -0.3 is 10.6 Å². The molecule has 0 spiro atoms. The molecule has 3 nitrogen and oxygen atoms in total. The molecule has 1 heterocycles. The van der Waals surface area contributed by atoms with Crippen LogP contribution in [0.5, 0.6) is 0 Å². The molecule has 1 atom stereocenters. The molecule has 0 aliphatic rings. The van der Waals surface area contributed by atoms with E-state index in [-0.39, 0.29) is 0 Å². The van der Waals surface area contributed by atoms with Crippen LogP contribution in [0, 0.1) is 0 Å². The second-order valence-electron chi connectivity index (χ2n) is 6.96. The van der Waals surface area contributed by atoms with Crippen LogP contribution in [0.2, 0.25) is 0 Å². The first-order chi connectivity index (χ1) is 15.5. The minimum Gasteiger partial charge on any atom is -0.368 e. The van der Waals surface area contributed by atoms with Gasteiger partial charge in [-0.15, -0.1) is 0 Å². The van der Waals surface area contributed by atoms with E-state index in [0.717, 1.165) is 27.3 Å². The predicted molar refractivity (Wildman–Crippen MR) is 139 cm³/mol. The van der Waals surface area contributed by atoms with Gasteiger partial charge in [-0.2, -0.15) is 0 Å². The third kappa shape index (κ3) is 5.84. The van der Waals surface area contributed by atoms with Crippen LogP contribution in [0.3, 0.4) is 0 Å². The van der Waals surface area contributed by atoms with E-state index in [1.165, 1.54) is 11.3 Å². The summed E-state index contributed by atoms with van der Waals surface area (Å²) in [6.07, 6.45) is 2.99. The first kappa shape index (κ1) is 22.7. The predicted octanol–water partition coefficient (Wildman–Crippen LogP) is 7.85. The zero-order valence-corrected chi connectivity index (χ0v) is 20.0. The Bertz CT molecular complexity index is 1100. The Hall–Kier alpha value is -2.50. The van der Waals surface area contributed by atoms with Gasteiger partial charge in [0.1, 0.15) is 6.17 Å². The number of halogens is 3. The Balaban J connectivity index is 1.62. The maximum atomic E-state index is 6.26. The number of rotatable bonds is 7. The average Bonchev–Trinajstić information content (AvgIpc) is 3.24. The first-order valence-electron chi connectivity index (χ1n) is 9.93. The maximum Gasteiger partial charge on any atom is 0.228 e. The van der Waals surface area contributed by atoms with Crippen molar-refractivity contribution in [2.45, 2.75) is 9.96 Å². The number of hydrogen-bond acceptors (Lipinski definition) is 4. The van der Waals surface area contributed by atoms with E-state index in [2.05, 4.69) is 22.8 Å². The van der Waals surface area contributed by atoms with Crippen LogP contribution >= 0.6 is 46.1 Å². The van der Waals surface area contributed by atoms with E-state index < -0.39 is 9.96 Å². The quantitative estimate of drug-likeness (QED) is 0.200. The number of nitrogens with one attached hydrogen (secondary N) is 2. The van der Waals surface area contributed by atoms with Gasteiger partial charge in [-0.05, 0) is 23.4 Å². The topological polar surface area (TPSA) is 37.0 Å². The van der Waals surface area contributed by atoms with Crippen LogP contribution in [0.15, 0.2) is 97.2 Å². The molecule has 162 valence electrons. The Kier molecular flexibility index (Phi) is 7.38. The smallest absolute Gasteiger partial charge is 0.228 e. The molecule has 1 aromatic heterocycles. The van der Waals surface area contributed by atoms with E-state index in [1.807, 2.05) is 84.9 Å². The molecular weight excluding hydrogens is 481 g/mol. The van der Waals surface area contributed by atoms with Crippen molar-refractivity contribution in [1.82, 2.24) is 10.3 Å². The zero-order valence-electron chi connectivity index (χ0n) is 16.9. The number of aromatic nitrogens is 1. The molecule has 0 amide bonds. The third-order valence-corrected chi connectivity index (χ3v) is 6.33. The second kappa shape index (κ2) is 10.4. The van der Waals surface area contributed by atoms with Gasteiger partial charge in [-0.25, -0.2) is 4.98 Å². The summed E-state index contributed by atoms with van der Waals surface area (Å²) >= 11 is 20.3. The molecule has 4 rings (SSSR count). The Morgan fingerprint density at radius 2 is 1.34 bits per heavy atom. The van der Waals surface area contributed by atoms with Crippen LogP contribution in [-0.2, 0) is 0 Å². The molecule has 0 bridgehead atoms. The van der Waals surface area contributed by atoms with Crippen molar-refractivity contribution in [2.24, 2.45) is 0 Å². The Labute approximate surface area is 206 Å². The fourth-order valence-corrected chi connectivity index (χ4v) is 4.48. The molecule has 0 saturated heterocycles. The molecule has 0 saturated carbocycles. The summed E-state index contributed by atoms with van der Waals surface area (Å²) in [7, 11) is 0. The number of thiazole rings is 1. The second-order valence-corrected chi connectivity index (χ2v) is 10.3. The summed E-state index contributed by atoms with van der Waals surface area (Å²) < 4.78 is -1.60. The minimum atomic E-state index is -1.60. The lowest BCUT2D eigenvalue weighted by atomic mass is 10.1. The molecular formula is C25H20Cl3N3S. The lowest BCUT2D eigenvalue weighted by Crippen LogP contribution is -2.43. The highest BCUT2D eigenvalue weighted by atomic mass is 35.6. The van der Waals surface area contributed by atoms with Gasteiger partial charge in [-0.3, -0.25) is 0 Å². The Morgan fingerprint density at radius 1 is 0.781 bits per heavy atom. The molecule has 1 unspecified atom stereocenters. The molecule has 0 radical (unpaired) electrons. The van der Waals surface area contributed by atoms with E-state index in [4.69, 9.17) is 39.8 Å². The minimum absolute atomic E-state index is 0.652. The van der Waals surface area contributed by atoms with E-state index in [9.17, 15) is 0 Å². The number of nitrogens with zero attached hydrogens (tertiary/aromatic N) is 1. The number of anilines is 1. The third-order valence-electron chi connectivity index (χ3n) is 4.64. The highest BCUT2D eigenvalue weighted by molar-refractivity contribution is 7.19. The number of alkyl halides is 3. The molecule has 0 aliphatic heterocycles.